The molecule has 7 nitrogen and oxygen atoms in total. The predicted molar refractivity (Wildman–Crippen MR) is 86.4 cm³/mol. The maximum atomic E-state index is 11.8. The van der Waals surface area contributed by atoms with Gasteiger partial charge in [-0.3, -0.25) is 9.59 Å². The topological polar surface area (TPSA) is 111 Å². The van der Waals surface area contributed by atoms with Gasteiger partial charge in [-0.15, -0.1) is 0 Å². The summed E-state index contributed by atoms with van der Waals surface area (Å²) in [5, 5.41) is 14.2. The molecule has 0 bridgehead atoms. The van der Waals surface area contributed by atoms with E-state index in [1.807, 2.05) is 39.0 Å². The molecule has 0 fully saturated rings. The zero-order chi connectivity index (χ0) is 17.5. The minimum Gasteiger partial charge on any atom is -0.347 e. The van der Waals surface area contributed by atoms with Crippen LogP contribution >= 0.6 is 0 Å². The van der Waals surface area contributed by atoms with Crippen LogP contribution in [0.15, 0.2) is 30.0 Å². The number of hydrogen-bond donors (Lipinski definition) is 3. The zero-order valence-electron chi connectivity index (χ0n) is 13.7. The van der Waals surface area contributed by atoms with Crippen LogP contribution in [0.1, 0.15) is 44.0 Å². The Bertz CT molecular complexity index is 677. The highest BCUT2D eigenvalue weighted by Crippen LogP contribution is 2.17. The third-order valence-corrected chi connectivity index (χ3v) is 3.11. The average molecular weight is 315 g/mol. The van der Waals surface area contributed by atoms with Crippen molar-refractivity contribution in [2.24, 2.45) is 0 Å². The minimum atomic E-state index is -0.496. The molecule has 0 saturated heterocycles. The average Bonchev–Trinajstić information content (AvgIpc) is 2.94. The first-order valence-corrected chi connectivity index (χ1v) is 7.16. The SMILES string of the molecule is C/C=C(\C=C/CNC(=O)c1nc(C#N)c[nH]1)C(C)(C)NC(C)=O. The number of nitrogens with zero attached hydrogens (tertiary/aromatic N) is 2. The van der Waals surface area contributed by atoms with Gasteiger partial charge in [0.2, 0.25) is 5.91 Å². The van der Waals surface area contributed by atoms with E-state index < -0.39 is 5.54 Å². The summed E-state index contributed by atoms with van der Waals surface area (Å²) in [7, 11) is 0. The molecule has 23 heavy (non-hydrogen) atoms. The van der Waals surface area contributed by atoms with Gasteiger partial charge in [0.25, 0.3) is 5.91 Å². The van der Waals surface area contributed by atoms with Crippen molar-refractivity contribution in [3.63, 3.8) is 0 Å². The second-order valence-corrected chi connectivity index (χ2v) is 5.41. The molecule has 0 aliphatic heterocycles. The van der Waals surface area contributed by atoms with Crippen LogP contribution < -0.4 is 10.6 Å². The molecule has 0 radical (unpaired) electrons. The van der Waals surface area contributed by atoms with E-state index in [1.54, 1.807) is 6.08 Å². The van der Waals surface area contributed by atoms with Gasteiger partial charge >= 0.3 is 0 Å². The summed E-state index contributed by atoms with van der Waals surface area (Å²) in [5.41, 5.74) is 0.592. The molecule has 1 aromatic heterocycles. The molecule has 3 N–H and O–H groups in total. The number of allylic oxidation sites excluding steroid dienone is 1. The fraction of sp³-hybridized carbons (Fsp3) is 0.375. The van der Waals surface area contributed by atoms with E-state index in [1.165, 1.54) is 13.1 Å². The summed E-state index contributed by atoms with van der Waals surface area (Å²) in [4.78, 5) is 29.5. The smallest absolute Gasteiger partial charge is 0.287 e. The normalized spacial score (nSPS) is 12.0. The Morgan fingerprint density at radius 3 is 2.70 bits per heavy atom. The van der Waals surface area contributed by atoms with Crippen molar-refractivity contribution in [2.75, 3.05) is 6.54 Å². The number of nitriles is 1. The summed E-state index contributed by atoms with van der Waals surface area (Å²) >= 11 is 0. The van der Waals surface area contributed by atoms with E-state index >= 15 is 0 Å². The first-order chi connectivity index (χ1) is 10.8. The van der Waals surface area contributed by atoms with Crippen molar-refractivity contribution in [1.82, 2.24) is 20.6 Å². The number of H-pyrrole nitrogens is 1. The number of carbonyl (C=O) groups is 2. The van der Waals surface area contributed by atoms with E-state index in [0.717, 1.165) is 5.57 Å². The molecule has 7 heteroatoms. The van der Waals surface area contributed by atoms with Crippen LogP contribution in [0.3, 0.4) is 0 Å². The third kappa shape index (κ3) is 5.43. The van der Waals surface area contributed by atoms with Gasteiger partial charge in [-0.05, 0) is 26.3 Å². The van der Waals surface area contributed by atoms with Gasteiger partial charge < -0.3 is 15.6 Å². The molecule has 0 aliphatic rings. The van der Waals surface area contributed by atoms with Gasteiger partial charge in [-0.1, -0.05) is 18.2 Å². The van der Waals surface area contributed by atoms with Crippen molar-refractivity contribution >= 4 is 11.8 Å². The number of nitrogens with one attached hydrogen (secondary N) is 3. The van der Waals surface area contributed by atoms with E-state index in [-0.39, 0.29) is 23.3 Å². The van der Waals surface area contributed by atoms with Gasteiger partial charge in [0, 0.05) is 19.7 Å². The summed E-state index contributed by atoms with van der Waals surface area (Å²) in [6, 6.07) is 1.85. The molecule has 0 aliphatic carbocycles. The summed E-state index contributed by atoms with van der Waals surface area (Å²) in [6.45, 7) is 7.46. The first kappa shape index (κ1) is 18.2. The van der Waals surface area contributed by atoms with E-state index in [0.29, 0.717) is 6.54 Å². The molecule has 0 saturated carbocycles. The fourth-order valence-electron chi connectivity index (χ4n) is 2.09. The molecular formula is C16H21N5O2. The van der Waals surface area contributed by atoms with Crippen LogP contribution in [0.2, 0.25) is 0 Å². The van der Waals surface area contributed by atoms with Crippen molar-refractivity contribution < 1.29 is 9.59 Å². The lowest BCUT2D eigenvalue weighted by Gasteiger charge is -2.27. The fourth-order valence-corrected chi connectivity index (χ4v) is 2.09. The highest BCUT2D eigenvalue weighted by Gasteiger charge is 2.21. The Kier molecular flexibility index (Phi) is 6.27. The van der Waals surface area contributed by atoms with Crippen LogP contribution in [0, 0.1) is 11.3 Å². The molecule has 2 amide bonds. The van der Waals surface area contributed by atoms with E-state index in [4.69, 9.17) is 5.26 Å². The van der Waals surface area contributed by atoms with Crippen LogP contribution in [0.4, 0.5) is 0 Å². The first-order valence-electron chi connectivity index (χ1n) is 7.16. The largest absolute Gasteiger partial charge is 0.347 e. The summed E-state index contributed by atoms with van der Waals surface area (Å²) in [6.07, 6.45) is 6.91. The number of rotatable bonds is 6. The second kappa shape index (κ2) is 7.94. The van der Waals surface area contributed by atoms with Crippen LogP contribution in [0.5, 0.6) is 0 Å². The summed E-state index contributed by atoms with van der Waals surface area (Å²) in [5.74, 6) is -0.402. The highest BCUT2D eigenvalue weighted by molar-refractivity contribution is 5.90. The highest BCUT2D eigenvalue weighted by atomic mass is 16.2. The molecule has 122 valence electrons. The second-order valence-electron chi connectivity index (χ2n) is 5.41. The van der Waals surface area contributed by atoms with Gasteiger partial charge in [-0.2, -0.15) is 5.26 Å². The number of aromatic nitrogens is 2. The molecule has 1 rings (SSSR count). The molecule has 1 aromatic rings. The molecule has 0 atom stereocenters. The number of imidazole rings is 1. The van der Waals surface area contributed by atoms with Crippen LogP contribution in [-0.4, -0.2) is 33.9 Å². The Hall–Kier alpha value is -2.88. The maximum absolute atomic E-state index is 11.8. The summed E-state index contributed by atoms with van der Waals surface area (Å²) < 4.78 is 0. The van der Waals surface area contributed by atoms with Crippen LogP contribution in [-0.2, 0) is 4.79 Å². The van der Waals surface area contributed by atoms with Gasteiger partial charge in [-0.25, -0.2) is 4.98 Å². The molecule has 0 unspecified atom stereocenters. The minimum absolute atomic E-state index is 0.0970. The molecule has 0 spiro atoms. The lowest BCUT2D eigenvalue weighted by atomic mass is 9.93. The Morgan fingerprint density at radius 2 is 2.17 bits per heavy atom. The van der Waals surface area contributed by atoms with Crippen molar-refractivity contribution in [1.29, 1.82) is 5.26 Å². The lowest BCUT2D eigenvalue weighted by molar-refractivity contribution is -0.120. The standard InChI is InChI=1S/C16H21N5O2/c1-5-12(16(3,4)21-11(2)22)7-6-8-18-15(23)14-19-10-13(9-17)20-14/h5-7,10H,8H2,1-4H3,(H,18,23)(H,19,20)(H,21,22)/b7-6-,12-5+. The van der Waals surface area contributed by atoms with Gasteiger partial charge in [0.15, 0.2) is 11.5 Å². The van der Waals surface area contributed by atoms with Crippen molar-refractivity contribution in [3.8, 4) is 6.07 Å². The lowest BCUT2D eigenvalue weighted by Crippen LogP contribution is -2.43. The van der Waals surface area contributed by atoms with Crippen molar-refractivity contribution in [3.05, 3.63) is 41.5 Å². The zero-order valence-corrected chi connectivity index (χ0v) is 13.7. The molecule has 0 aromatic carbocycles. The van der Waals surface area contributed by atoms with E-state index in [2.05, 4.69) is 20.6 Å². The molecule has 1 heterocycles. The predicted octanol–water partition coefficient (Wildman–Crippen LogP) is 1.43. The van der Waals surface area contributed by atoms with Crippen LogP contribution in [0.25, 0.3) is 0 Å². The molecular weight excluding hydrogens is 294 g/mol. The van der Waals surface area contributed by atoms with Gasteiger partial charge in [0.1, 0.15) is 6.07 Å². The van der Waals surface area contributed by atoms with E-state index in [9.17, 15) is 9.59 Å². The number of amides is 2. The number of aromatic amines is 1. The number of hydrogen-bond acceptors (Lipinski definition) is 4. The maximum Gasteiger partial charge on any atom is 0.287 e. The van der Waals surface area contributed by atoms with Crippen molar-refractivity contribution in [2.45, 2.75) is 33.2 Å². The van der Waals surface area contributed by atoms with Gasteiger partial charge in [0.05, 0.1) is 5.54 Å². The number of carbonyl (C=O) groups excluding carboxylic acids is 2. The third-order valence-electron chi connectivity index (χ3n) is 3.11. The quantitative estimate of drug-likeness (QED) is 0.689. The monoisotopic (exact) mass is 315 g/mol. The Labute approximate surface area is 135 Å². The Morgan fingerprint density at radius 1 is 1.48 bits per heavy atom. The Balaban J connectivity index is 2.59.